The number of carbonyl (C=O) groups is 1. The van der Waals surface area contributed by atoms with Crippen LogP contribution < -0.4 is 5.32 Å². The molecule has 1 saturated carbocycles. The minimum absolute atomic E-state index is 0.203. The van der Waals surface area contributed by atoms with Crippen molar-refractivity contribution in [3.05, 3.63) is 34.9 Å². The molecule has 3 nitrogen and oxygen atoms in total. The first kappa shape index (κ1) is 12.1. The summed E-state index contributed by atoms with van der Waals surface area (Å²) in [5.74, 6) is -0.203. The largest absolute Gasteiger partial charge is 0.468 e. The normalized spacial score (nSPS) is 16.6. The second-order valence-electron chi connectivity index (χ2n) is 4.69. The average molecular weight is 233 g/mol. The van der Waals surface area contributed by atoms with Gasteiger partial charge in [-0.05, 0) is 43.4 Å². The molecule has 0 bridgehead atoms. The number of carbonyl (C=O) groups excluding carboxylic acids is 1. The Labute approximate surface area is 102 Å². The maximum atomic E-state index is 11.9. The molecule has 0 radical (unpaired) electrons. The molecule has 1 aromatic rings. The third-order valence-corrected chi connectivity index (χ3v) is 3.37. The summed E-state index contributed by atoms with van der Waals surface area (Å²) in [7, 11) is 1.44. The topological polar surface area (TPSA) is 38.3 Å². The second kappa shape index (κ2) is 4.88. The van der Waals surface area contributed by atoms with Crippen LogP contribution in [0.3, 0.4) is 0 Å². The van der Waals surface area contributed by atoms with Gasteiger partial charge in [0.15, 0.2) is 0 Å². The minimum atomic E-state index is -0.326. The van der Waals surface area contributed by atoms with Gasteiger partial charge >= 0.3 is 5.97 Å². The van der Waals surface area contributed by atoms with Crippen molar-refractivity contribution < 1.29 is 9.53 Å². The highest BCUT2D eigenvalue weighted by Crippen LogP contribution is 2.27. The summed E-state index contributed by atoms with van der Waals surface area (Å²) in [5, 5.41) is 3.35. The molecule has 2 rings (SSSR count). The highest BCUT2D eigenvalue weighted by molar-refractivity contribution is 5.78. The Morgan fingerprint density at radius 1 is 1.41 bits per heavy atom. The Hall–Kier alpha value is -1.35. The van der Waals surface area contributed by atoms with Crippen molar-refractivity contribution >= 4 is 5.97 Å². The first-order valence-electron chi connectivity index (χ1n) is 6.03. The van der Waals surface area contributed by atoms with Crippen LogP contribution in [0, 0.1) is 13.8 Å². The molecule has 0 heterocycles. The molecule has 92 valence electrons. The lowest BCUT2D eigenvalue weighted by molar-refractivity contribution is -0.143. The van der Waals surface area contributed by atoms with Crippen molar-refractivity contribution in [3.63, 3.8) is 0 Å². The predicted octanol–water partition coefficient (Wildman–Crippen LogP) is 2.27. The number of hydrogen-bond donors (Lipinski definition) is 1. The summed E-state index contributed by atoms with van der Waals surface area (Å²) in [6.45, 7) is 4.11. The molecule has 3 heteroatoms. The van der Waals surface area contributed by atoms with Gasteiger partial charge in [-0.1, -0.05) is 18.2 Å². The Kier molecular flexibility index (Phi) is 3.48. The number of hydrogen-bond acceptors (Lipinski definition) is 3. The van der Waals surface area contributed by atoms with Crippen molar-refractivity contribution in [1.29, 1.82) is 0 Å². The van der Waals surface area contributed by atoms with Crippen LogP contribution in [0.5, 0.6) is 0 Å². The molecule has 0 aromatic heterocycles. The molecule has 1 aliphatic rings. The lowest BCUT2D eigenvalue weighted by Crippen LogP contribution is -2.31. The highest BCUT2D eigenvalue weighted by Gasteiger charge is 2.30. The van der Waals surface area contributed by atoms with Crippen molar-refractivity contribution in [2.45, 2.75) is 38.8 Å². The van der Waals surface area contributed by atoms with Gasteiger partial charge in [-0.3, -0.25) is 5.32 Å². The first-order valence-corrected chi connectivity index (χ1v) is 6.03. The molecule has 1 N–H and O–H groups in total. The fourth-order valence-electron chi connectivity index (χ4n) is 1.97. The standard InChI is InChI=1S/C14H19NO2/c1-9-5-4-6-12(10(9)2)13(14(16)17-3)15-11-7-8-11/h4-6,11,13,15H,7-8H2,1-3H3. The Bertz CT molecular complexity index is 424. The number of methoxy groups -OCH3 is 1. The van der Waals surface area contributed by atoms with E-state index in [-0.39, 0.29) is 12.0 Å². The third kappa shape index (κ3) is 2.67. The maximum absolute atomic E-state index is 11.9. The number of aryl methyl sites for hydroxylation is 1. The Morgan fingerprint density at radius 3 is 2.71 bits per heavy atom. The molecule has 17 heavy (non-hydrogen) atoms. The summed E-state index contributed by atoms with van der Waals surface area (Å²) in [5.41, 5.74) is 3.40. The molecular weight excluding hydrogens is 214 g/mol. The number of nitrogens with one attached hydrogen (secondary N) is 1. The SMILES string of the molecule is COC(=O)C(NC1CC1)c1cccc(C)c1C. The maximum Gasteiger partial charge on any atom is 0.327 e. The quantitative estimate of drug-likeness (QED) is 0.811. The van der Waals surface area contributed by atoms with E-state index >= 15 is 0 Å². The monoisotopic (exact) mass is 233 g/mol. The van der Waals surface area contributed by atoms with Crippen LogP contribution in [0.2, 0.25) is 0 Å². The molecule has 0 amide bonds. The molecule has 1 fully saturated rings. The van der Waals surface area contributed by atoms with Gasteiger partial charge in [0.1, 0.15) is 6.04 Å². The number of benzene rings is 1. The van der Waals surface area contributed by atoms with Crippen molar-refractivity contribution in [2.24, 2.45) is 0 Å². The lowest BCUT2D eigenvalue weighted by Gasteiger charge is -2.19. The van der Waals surface area contributed by atoms with Crippen molar-refractivity contribution in [3.8, 4) is 0 Å². The van der Waals surface area contributed by atoms with E-state index in [4.69, 9.17) is 4.74 Å². The molecule has 1 aromatic carbocycles. The van der Waals surface area contributed by atoms with Crippen LogP contribution in [0.15, 0.2) is 18.2 Å². The summed E-state index contributed by atoms with van der Waals surface area (Å²) in [4.78, 5) is 11.9. The van der Waals surface area contributed by atoms with Gasteiger partial charge < -0.3 is 4.74 Å². The molecule has 0 aliphatic heterocycles. The van der Waals surface area contributed by atoms with Crippen LogP contribution in [0.1, 0.15) is 35.6 Å². The van der Waals surface area contributed by atoms with Crippen LogP contribution >= 0.6 is 0 Å². The first-order chi connectivity index (χ1) is 8.13. The molecule has 1 aliphatic carbocycles. The van der Waals surface area contributed by atoms with Crippen molar-refractivity contribution in [1.82, 2.24) is 5.32 Å². The zero-order valence-corrected chi connectivity index (χ0v) is 10.6. The molecular formula is C14H19NO2. The van der Waals surface area contributed by atoms with E-state index in [1.807, 2.05) is 12.1 Å². The molecule has 0 saturated heterocycles. The fraction of sp³-hybridized carbons (Fsp3) is 0.500. The minimum Gasteiger partial charge on any atom is -0.468 e. The summed E-state index contributed by atoms with van der Waals surface area (Å²) >= 11 is 0. The number of ether oxygens (including phenoxy) is 1. The third-order valence-electron chi connectivity index (χ3n) is 3.37. The van der Waals surface area contributed by atoms with E-state index in [9.17, 15) is 4.79 Å². The van der Waals surface area contributed by atoms with Gasteiger partial charge in [0, 0.05) is 6.04 Å². The highest BCUT2D eigenvalue weighted by atomic mass is 16.5. The average Bonchev–Trinajstić information content (AvgIpc) is 3.13. The van der Waals surface area contributed by atoms with Gasteiger partial charge in [-0.25, -0.2) is 4.79 Å². The van der Waals surface area contributed by atoms with E-state index in [2.05, 4.69) is 25.2 Å². The van der Waals surface area contributed by atoms with Crippen LogP contribution in [-0.2, 0) is 9.53 Å². The van der Waals surface area contributed by atoms with Gasteiger partial charge in [0.2, 0.25) is 0 Å². The smallest absolute Gasteiger partial charge is 0.327 e. The zero-order chi connectivity index (χ0) is 12.4. The molecule has 0 spiro atoms. The Balaban J connectivity index is 2.29. The molecule has 1 unspecified atom stereocenters. The summed E-state index contributed by atoms with van der Waals surface area (Å²) < 4.78 is 4.89. The predicted molar refractivity (Wildman–Crippen MR) is 66.8 cm³/mol. The Morgan fingerprint density at radius 2 is 2.12 bits per heavy atom. The van der Waals surface area contributed by atoms with E-state index in [0.717, 1.165) is 24.0 Å². The van der Waals surface area contributed by atoms with E-state index < -0.39 is 0 Å². The summed E-state index contributed by atoms with van der Waals surface area (Å²) in [6, 6.07) is 6.19. The number of esters is 1. The van der Waals surface area contributed by atoms with E-state index in [1.165, 1.54) is 12.7 Å². The number of rotatable bonds is 4. The molecule has 1 atom stereocenters. The fourth-order valence-corrected chi connectivity index (χ4v) is 1.97. The van der Waals surface area contributed by atoms with E-state index in [1.54, 1.807) is 0 Å². The lowest BCUT2D eigenvalue weighted by atomic mass is 9.97. The summed E-state index contributed by atoms with van der Waals surface area (Å²) in [6.07, 6.45) is 2.30. The van der Waals surface area contributed by atoms with Gasteiger partial charge in [0.25, 0.3) is 0 Å². The van der Waals surface area contributed by atoms with Gasteiger partial charge in [-0.2, -0.15) is 0 Å². The zero-order valence-electron chi connectivity index (χ0n) is 10.6. The van der Waals surface area contributed by atoms with Crippen molar-refractivity contribution in [2.75, 3.05) is 7.11 Å². The van der Waals surface area contributed by atoms with Gasteiger partial charge in [-0.15, -0.1) is 0 Å². The van der Waals surface area contributed by atoms with Crippen LogP contribution in [-0.4, -0.2) is 19.1 Å². The van der Waals surface area contributed by atoms with E-state index in [0.29, 0.717) is 6.04 Å². The van der Waals surface area contributed by atoms with Gasteiger partial charge in [0.05, 0.1) is 7.11 Å². The second-order valence-corrected chi connectivity index (χ2v) is 4.69. The van der Waals surface area contributed by atoms with Crippen LogP contribution in [0.4, 0.5) is 0 Å². The van der Waals surface area contributed by atoms with Crippen LogP contribution in [0.25, 0.3) is 0 Å².